The van der Waals surface area contributed by atoms with Crippen molar-refractivity contribution in [2.24, 2.45) is 5.92 Å². The molecule has 120 valence electrons. The van der Waals surface area contributed by atoms with E-state index < -0.39 is 37.1 Å². The largest absolute Gasteiger partial charge is 0.393 e. The Hall–Kier alpha value is -1.81. The molecule has 3 rings (SSSR count). The van der Waals surface area contributed by atoms with Crippen LogP contribution in [0.15, 0.2) is 11.1 Å². The van der Waals surface area contributed by atoms with Crippen molar-refractivity contribution in [3.8, 4) is 0 Å². The molecule has 9 heteroatoms. The molecular formula is C13H18N4O5. The van der Waals surface area contributed by atoms with Crippen molar-refractivity contribution in [3.63, 3.8) is 0 Å². The summed E-state index contributed by atoms with van der Waals surface area (Å²) in [6.45, 7) is 2.34. The van der Waals surface area contributed by atoms with Gasteiger partial charge >= 0.3 is 0 Å². The van der Waals surface area contributed by atoms with Gasteiger partial charge in [0, 0.05) is 5.92 Å². The van der Waals surface area contributed by atoms with E-state index >= 15 is 0 Å². The zero-order valence-corrected chi connectivity index (χ0v) is 12.2. The number of fused-ring (bicyclic) bond motifs is 1. The van der Waals surface area contributed by atoms with Gasteiger partial charge in [0.2, 0.25) is 0 Å². The van der Waals surface area contributed by atoms with E-state index in [0.717, 1.165) is 0 Å². The van der Waals surface area contributed by atoms with Gasteiger partial charge < -0.3 is 25.0 Å². The number of nitrogens with one attached hydrogen (secondary N) is 1. The van der Waals surface area contributed by atoms with Gasteiger partial charge in [0.05, 0.1) is 25.6 Å². The van der Waals surface area contributed by atoms with E-state index in [4.69, 9.17) is 4.74 Å². The zero-order valence-electron chi connectivity index (χ0n) is 12.2. The SMILES string of the molecule is Cc1nc2c(ncn2[C@@H]2OC(CO)(CO)[C@@H](O)[C@@H]2C)c(=O)[nH]1. The highest BCUT2D eigenvalue weighted by molar-refractivity contribution is 5.69. The number of aliphatic hydroxyl groups excluding tert-OH is 3. The molecule has 0 radical (unpaired) electrons. The molecule has 1 aliphatic heterocycles. The second-order valence-electron chi connectivity index (χ2n) is 5.67. The normalized spacial score (nSPS) is 27.6. The number of nitrogens with zero attached hydrogens (tertiary/aromatic N) is 3. The first-order valence-corrected chi connectivity index (χ1v) is 6.94. The van der Waals surface area contributed by atoms with Gasteiger partial charge in [0.1, 0.15) is 17.7 Å². The lowest BCUT2D eigenvalue weighted by molar-refractivity contribution is -0.149. The Morgan fingerprint density at radius 2 is 2.14 bits per heavy atom. The van der Waals surface area contributed by atoms with Crippen LogP contribution in [0, 0.1) is 12.8 Å². The minimum absolute atomic E-state index is 0.168. The van der Waals surface area contributed by atoms with E-state index in [1.54, 1.807) is 18.4 Å². The third-order valence-corrected chi connectivity index (χ3v) is 4.20. The Bertz CT molecular complexity index is 750. The highest BCUT2D eigenvalue weighted by Crippen LogP contribution is 2.41. The first kappa shape index (κ1) is 15.1. The maximum absolute atomic E-state index is 11.9. The topological polar surface area (TPSA) is 133 Å². The number of imidazole rings is 1. The molecule has 1 aliphatic rings. The van der Waals surface area contributed by atoms with E-state index in [-0.39, 0.29) is 11.1 Å². The summed E-state index contributed by atoms with van der Waals surface area (Å²) in [4.78, 5) is 22.7. The summed E-state index contributed by atoms with van der Waals surface area (Å²) in [5.74, 6) is -0.000813. The van der Waals surface area contributed by atoms with Gasteiger partial charge in [-0.25, -0.2) is 9.97 Å². The summed E-state index contributed by atoms with van der Waals surface area (Å²) < 4.78 is 7.27. The quantitative estimate of drug-likeness (QED) is 0.552. The predicted molar refractivity (Wildman–Crippen MR) is 75.1 cm³/mol. The monoisotopic (exact) mass is 310 g/mol. The first-order valence-electron chi connectivity index (χ1n) is 6.94. The van der Waals surface area contributed by atoms with Gasteiger partial charge in [0.25, 0.3) is 5.56 Å². The Kier molecular flexibility index (Phi) is 3.52. The van der Waals surface area contributed by atoms with Crippen LogP contribution in [0.25, 0.3) is 11.2 Å². The van der Waals surface area contributed by atoms with Crippen molar-refractivity contribution >= 4 is 11.2 Å². The Labute approximate surface area is 125 Å². The Morgan fingerprint density at radius 3 is 2.73 bits per heavy atom. The molecule has 0 aliphatic carbocycles. The number of aromatic nitrogens is 4. The van der Waals surface area contributed by atoms with Crippen molar-refractivity contribution in [1.82, 2.24) is 19.5 Å². The molecule has 3 heterocycles. The van der Waals surface area contributed by atoms with Gasteiger partial charge in [0.15, 0.2) is 11.2 Å². The lowest BCUT2D eigenvalue weighted by Crippen LogP contribution is -2.47. The van der Waals surface area contributed by atoms with Crippen LogP contribution < -0.4 is 5.56 Å². The van der Waals surface area contributed by atoms with E-state index in [0.29, 0.717) is 11.5 Å². The van der Waals surface area contributed by atoms with Crippen LogP contribution >= 0.6 is 0 Å². The summed E-state index contributed by atoms with van der Waals surface area (Å²) in [5.41, 5.74) is -1.31. The van der Waals surface area contributed by atoms with Gasteiger partial charge in [-0.1, -0.05) is 6.92 Å². The molecule has 0 aromatic carbocycles. The zero-order chi connectivity index (χ0) is 16.1. The van der Waals surface area contributed by atoms with Crippen molar-refractivity contribution in [3.05, 3.63) is 22.5 Å². The third-order valence-electron chi connectivity index (χ3n) is 4.20. The molecule has 0 spiro atoms. The highest BCUT2D eigenvalue weighted by atomic mass is 16.6. The van der Waals surface area contributed by atoms with Gasteiger partial charge in [-0.3, -0.25) is 9.36 Å². The molecular weight excluding hydrogens is 292 g/mol. The Balaban J connectivity index is 2.11. The number of H-pyrrole nitrogens is 1. The number of rotatable bonds is 3. The number of aliphatic hydroxyl groups is 3. The molecule has 1 saturated heterocycles. The van der Waals surface area contributed by atoms with Crippen LogP contribution in [0.5, 0.6) is 0 Å². The summed E-state index contributed by atoms with van der Waals surface area (Å²) in [7, 11) is 0. The van der Waals surface area contributed by atoms with Crippen LogP contribution in [0.1, 0.15) is 19.0 Å². The summed E-state index contributed by atoms with van der Waals surface area (Å²) in [6, 6.07) is 0. The average molecular weight is 310 g/mol. The van der Waals surface area contributed by atoms with Crippen LogP contribution in [0.4, 0.5) is 0 Å². The highest BCUT2D eigenvalue weighted by Gasteiger charge is 2.53. The number of aromatic amines is 1. The van der Waals surface area contributed by atoms with Crippen molar-refractivity contribution in [2.45, 2.75) is 31.8 Å². The first-order chi connectivity index (χ1) is 10.4. The molecule has 0 unspecified atom stereocenters. The van der Waals surface area contributed by atoms with Gasteiger partial charge in [-0.05, 0) is 6.92 Å². The maximum atomic E-state index is 11.9. The summed E-state index contributed by atoms with van der Waals surface area (Å²) >= 11 is 0. The second-order valence-corrected chi connectivity index (χ2v) is 5.67. The molecule has 22 heavy (non-hydrogen) atoms. The molecule has 0 amide bonds. The van der Waals surface area contributed by atoms with Crippen LogP contribution in [-0.4, -0.2) is 59.8 Å². The third kappa shape index (κ3) is 1.97. The predicted octanol–water partition coefficient (Wildman–Crippen LogP) is -1.32. The van der Waals surface area contributed by atoms with E-state index in [1.165, 1.54) is 6.33 Å². The fourth-order valence-corrected chi connectivity index (χ4v) is 2.90. The average Bonchev–Trinajstić information content (AvgIpc) is 3.01. The minimum atomic E-state index is -1.45. The van der Waals surface area contributed by atoms with Crippen LogP contribution in [-0.2, 0) is 4.74 Å². The molecule has 0 bridgehead atoms. The van der Waals surface area contributed by atoms with E-state index in [2.05, 4.69) is 15.0 Å². The van der Waals surface area contributed by atoms with Gasteiger partial charge in [-0.15, -0.1) is 0 Å². The lowest BCUT2D eigenvalue weighted by atomic mass is 9.92. The molecule has 2 aromatic rings. The van der Waals surface area contributed by atoms with Crippen LogP contribution in [0.2, 0.25) is 0 Å². The van der Waals surface area contributed by atoms with Gasteiger partial charge in [-0.2, -0.15) is 0 Å². The standard InChI is InChI=1S/C13H18N4O5/c1-6-9(20)13(3-18,4-19)22-12(6)17-5-14-8-10(17)15-7(2)16-11(8)21/h5-6,9,12,18-20H,3-4H2,1-2H3,(H,15,16,21)/t6-,9-,12+/m0/s1. The maximum Gasteiger partial charge on any atom is 0.279 e. The fraction of sp³-hybridized carbons (Fsp3) is 0.615. The summed E-state index contributed by atoms with van der Waals surface area (Å²) in [5, 5.41) is 29.3. The van der Waals surface area contributed by atoms with Crippen molar-refractivity contribution in [1.29, 1.82) is 0 Å². The van der Waals surface area contributed by atoms with E-state index in [1.807, 2.05) is 0 Å². The molecule has 9 nitrogen and oxygen atoms in total. The van der Waals surface area contributed by atoms with Crippen molar-refractivity contribution < 1.29 is 20.1 Å². The molecule has 0 saturated carbocycles. The number of hydrogen-bond acceptors (Lipinski definition) is 7. The fourth-order valence-electron chi connectivity index (χ4n) is 2.90. The van der Waals surface area contributed by atoms with E-state index in [9.17, 15) is 20.1 Å². The van der Waals surface area contributed by atoms with Crippen LogP contribution in [0.3, 0.4) is 0 Å². The Morgan fingerprint density at radius 1 is 1.45 bits per heavy atom. The number of aryl methyl sites for hydroxylation is 1. The second kappa shape index (κ2) is 5.13. The van der Waals surface area contributed by atoms with Crippen molar-refractivity contribution in [2.75, 3.05) is 13.2 Å². The number of ether oxygens (including phenoxy) is 1. The molecule has 4 N–H and O–H groups in total. The molecule has 2 aromatic heterocycles. The lowest BCUT2D eigenvalue weighted by Gasteiger charge is -2.27. The summed E-state index contributed by atoms with van der Waals surface area (Å²) in [6.07, 6.45) is -0.355. The minimum Gasteiger partial charge on any atom is -0.393 e. The number of hydrogen-bond donors (Lipinski definition) is 4. The molecule has 1 fully saturated rings. The molecule has 3 atom stereocenters. The smallest absolute Gasteiger partial charge is 0.279 e.